The minimum absolute atomic E-state index is 0.0667. The number of rotatable bonds is 4. The third-order valence-corrected chi connectivity index (χ3v) is 4.62. The van der Waals surface area contributed by atoms with E-state index in [2.05, 4.69) is 37.9 Å². The van der Waals surface area contributed by atoms with Gasteiger partial charge in [0.25, 0.3) is 0 Å². The van der Waals surface area contributed by atoms with Crippen molar-refractivity contribution in [1.29, 1.82) is 0 Å². The molecule has 1 heterocycles. The zero-order valence-electron chi connectivity index (χ0n) is 13.4. The lowest BCUT2D eigenvalue weighted by Crippen LogP contribution is -2.63. The molecule has 0 aliphatic carbocycles. The van der Waals surface area contributed by atoms with Crippen LogP contribution in [-0.4, -0.2) is 29.6 Å². The maximum absolute atomic E-state index is 13.4. The van der Waals surface area contributed by atoms with Crippen molar-refractivity contribution in [1.82, 2.24) is 10.2 Å². The lowest BCUT2D eigenvalue weighted by Gasteiger charge is -2.47. The van der Waals surface area contributed by atoms with E-state index in [4.69, 9.17) is 0 Å². The van der Waals surface area contributed by atoms with Crippen molar-refractivity contribution in [3.63, 3.8) is 0 Å². The zero-order chi connectivity index (χ0) is 15.6. The number of piperazine rings is 1. The molecule has 2 atom stereocenters. The molecule has 0 bridgehead atoms. The predicted molar refractivity (Wildman–Crippen MR) is 82.1 cm³/mol. The molecule has 2 unspecified atom stereocenters. The smallest absolute Gasteiger partial charge is 0.126 e. The van der Waals surface area contributed by atoms with E-state index in [1.807, 2.05) is 0 Å². The molecule has 1 N–H and O–H groups in total. The summed E-state index contributed by atoms with van der Waals surface area (Å²) < 4.78 is 26.8. The lowest BCUT2D eigenvalue weighted by molar-refractivity contribution is 0.0538. The SMILES string of the molecule is CCC1(C)CN(Cc2cc(F)cc(F)c2)C(C(C)C)CN1. The van der Waals surface area contributed by atoms with Crippen molar-refractivity contribution in [3.05, 3.63) is 35.4 Å². The number of hydrogen-bond acceptors (Lipinski definition) is 2. The molecule has 0 saturated carbocycles. The second kappa shape index (κ2) is 6.41. The Kier molecular flexibility index (Phi) is 4.99. The van der Waals surface area contributed by atoms with Gasteiger partial charge >= 0.3 is 0 Å². The van der Waals surface area contributed by atoms with E-state index >= 15 is 0 Å². The summed E-state index contributed by atoms with van der Waals surface area (Å²) in [5.41, 5.74) is 0.774. The first-order valence-corrected chi connectivity index (χ1v) is 7.77. The first kappa shape index (κ1) is 16.4. The fraction of sp³-hybridized carbons (Fsp3) is 0.647. The summed E-state index contributed by atoms with van der Waals surface area (Å²) in [6.07, 6.45) is 1.03. The molecule has 0 aromatic heterocycles. The lowest BCUT2D eigenvalue weighted by atomic mass is 9.89. The highest BCUT2D eigenvalue weighted by Gasteiger charge is 2.35. The van der Waals surface area contributed by atoms with E-state index < -0.39 is 11.6 Å². The van der Waals surface area contributed by atoms with Gasteiger partial charge in [-0.15, -0.1) is 0 Å². The standard InChI is InChI=1S/C17H26F2N2/c1-5-17(4)11-21(16(9-20-17)12(2)3)10-13-6-14(18)8-15(19)7-13/h6-8,12,16,20H,5,9-11H2,1-4H3. The number of nitrogens with zero attached hydrogens (tertiary/aromatic N) is 1. The Hall–Kier alpha value is -1.00. The second-order valence-corrected chi connectivity index (χ2v) is 6.79. The average molecular weight is 296 g/mol. The van der Waals surface area contributed by atoms with Crippen LogP contribution in [0.5, 0.6) is 0 Å². The Morgan fingerprint density at radius 3 is 2.43 bits per heavy atom. The van der Waals surface area contributed by atoms with E-state index in [9.17, 15) is 8.78 Å². The molecular weight excluding hydrogens is 270 g/mol. The van der Waals surface area contributed by atoms with E-state index in [0.717, 1.165) is 25.6 Å². The van der Waals surface area contributed by atoms with E-state index in [1.165, 1.54) is 12.1 Å². The van der Waals surface area contributed by atoms with Gasteiger partial charge in [-0.05, 0) is 37.0 Å². The largest absolute Gasteiger partial charge is 0.309 e. The number of benzene rings is 1. The number of hydrogen-bond donors (Lipinski definition) is 1. The van der Waals surface area contributed by atoms with Gasteiger partial charge in [0.05, 0.1) is 0 Å². The molecule has 1 saturated heterocycles. The Morgan fingerprint density at radius 2 is 1.90 bits per heavy atom. The molecule has 1 fully saturated rings. The maximum atomic E-state index is 13.4. The van der Waals surface area contributed by atoms with Gasteiger partial charge in [-0.2, -0.15) is 0 Å². The monoisotopic (exact) mass is 296 g/mol. The first-order chi connectivity index (χ1) is 9.83. The average Bonchev–Trinajstić information content (AvgIpc) is 2.37. The molecule has 1 aliphatic heterocycles. The van der Waals surface area contributed by atoms with Crippen molar-refractivity contribution in [3.8, 4) is 0 Å². The molecule has 1 aromatic carbocycles. The van der Waals surface area contributed by atoms with Crippen molar-refractivity contribution >= 4 is 0 Å². The molecule has 2 rings (SSSR count). The number of halogens is 2. The van der Waals surface area contributed by atoms with Crippen molar-refractivity contribution in [2.45, 2.75) is 52.2 Å². The summed E-state index contributed by atoms with van der Waals surface area (Å²) in [6, 6.07) is 4.19. The minimum Gasteiger partial charge on any atom is -0.309 e. The molecule has 1 aliphatic rings. The van der Waals surface area contributed by atoms with Crippen LogP contribution in [0.3, 0.4) is 0 Å². The van der Waals surface area contributed by atoms with Crippen molar-refractivity contribution < 1.29 is 8.78 Å². The van der Waals surface area contributed by atoms with Crippen LogP contribution in [0.25, 0.3) is 0 Å². The van der Waals surface area contributed by atoms with Gasteiger partial charge in [0.15, 0.2) is 0 Å². The first-order valence-electron chi connectivity index (χ1n) is 7.77. The Labute approximate surface area is 126 Å². The van der Waals surface area contributed by atoms with E-state index in [0.29, 0.717) is 24.1 Å². The molecule has 0 amide bonds. The Morgan fingerprint density at radius 1 is 1.29 bits per heavy atom. The van der Waals surface area contributed by atoms with Crippen LogP contribution in [0, 0.1) is 17.6 Å². The molecular formula is C17H26F2N2. The summed E-state index contributed by atoms with van der Waals surface area (Å²) in [6.45, 7) is 11.2. The third kappa shape index (κ3) is 4.01. The quantitative estimate of drug-likeness (QED) is 0.914. The molecule has 2 nitrogen and oxygen atoms in total. The molecule has 0 radical (unpaired) electrons. The predicted octanol–water partition coefficient (Wildman–Crippen LogP) is 3.56. The highest BCUT2D eigenvalue weighted by atomic mass is 19.1. The third-order valence-electron chi connectivity index (χ3n) is 4.62. The highest BCUT2D eigenvalue weighted by Crippen LogP contribution is 2.25. The van der Waals surface area contributed by atoms with Crippen LogP contribution < -0.4 is 5.32 Å². The van der Waals surface area contributed by atoms with Crippen molar-refractivity contribution in [2.24, 2.45) is 5.92 Å². The highest BCUT2D eigenvalue weighted by molar-refractivity contribution is 5.18. The molecule has 1 aromatic rings. The fourth-order valence-electron chi connectivity index (χ4n) is 3.11. The minimum atomic E-state index is -0.500. The topological polar surface area (TPSA) is 15.3 Å². The zero-order valence-corrected chi connectivity index (χ0v) is 13.4. The van der Waals surface area contributed by atoms with Crippen LogP contribution in [0.2, 0.25) is 0 Å². The summed E-state index contributed by atoms with van der Waals surface area (Å²) in [5, 5.41) is 3.63. The summed E-state index contributed by atoms with van der Waals surface area (Å²) in [4.78, 5) is 2.36. The molecule has 0 spiro atoms. The summed E-state index contributed by atoms with van der Waals surface area (Å²) in [7, 11) is 0. The van der Waals surface area contributed by atoms with Gasteiger partial charge in [0.2, 0.25) is 0 Å². The van der Waals surface area contributed by atoms with Gasteiger partial charge in [0.1, 0.15) is 11.6 Å². The summed E-state index contributed by atoms with van der Waals surface area (Å²) >= 11 is 0. The van der Waals surface area contributed by atoms with Gasteiger partial charge in [-0.3, -0.25) is 4.90 Å². The van der Waals surface area contributed by atoms with Crippen molar-refractivity contribution in [2.75, 3.05) is 13.1 Å². The van der Waals surface area contributed by atoms with Gasteiger partial charge in [-0.1, -0.05) is 20.8 Å². The normalized spacial score (nSPS) is 27.3. The number of nitrogens with one attached hydrogen (secondary N) is 1. The molecule has 4 heteroatoms. The van der Waals surface area contributed by atoms with Crippen LogP contribution in [-0.2, 0) is 6.54 Å². The Balaban J connectivity index is 2.19. The van der Waals surface area contributed by atoms with Gasteiger partial charge in [-0.25, -0.2) is 8.78 Å². The van der Waals surface area contributed by atoms with Gasteiger partial charge in [0, 0.05) is 37.3 Å². The fourth-order valence-corrected chi connectivity index (χ4v) is 3.11. The van der Waals surface area contributed by atoms with Crippen LogP contribution in [0.15, 0.2) is 18.2 Å². The van der Waals surface area contributed by atoms with Crippen LogP contribution in [0.1, 0.15) is 39.7 Å². The van der Waals surface area contributed by atoms with E-state index in [-0.39, 0.29) is 5.54 Å². The van der Waals surface area contributed by atoms with Crippen LogP contribution in [0.4, 0.5) is 8.78 Å². The summed E-state index contributed by atoms with van der Waals surface area (Å²) in [5.74, 6) is -0.503. The Bertz CT molecular complexity index is 469. The molecule has 118 valence electrons. The molecule has 21 heavy (non-hydrogen) atoms. The van der Waals surface area contributed by atoms with Crippen LogP contribution >= 0.6 is 0 Å². The maximum Gasteiger partial charge on any atom is 0.126 e. The van der Waals surface area contributed by atoms with E-state index in [1.54, 1.807) is 0 Å². The van der Waals surface area contributed by atoms with Gasteiger partial charge < -0.3 is 5.32 Å². The second-order valence-electron chi connectivity index (χ2n) is 6.79.